The summed E-state index contributed by atoms with van der Waals surface area (Å²) >= 11 is 16.2. The van der Waals surface area contributed by atoms with Gasteiger partial charge in [0.25, 0.3) is 0 Å². The molecule has 0 rings (SSSR count). The van der Waals surface area contributed by atoms with Gasteiger partial charge >= 0.3 is 0 Å². The molecule has 0 saturated carbocycles. The maximum Gasteiger partial charge on any atom is 0.128 e. The van der Waals surface area contributed by atoms with Gasteiger partial charge in [-0.3, -0.25) is 0 Å². The summed E-state index contributed by atoms with van der Waals surface area (Å²) in [5, 5.41) is 2.95. The van der Waals surface area contributed by atoms with Crippen molar-refractivity contribution in [3.05, 3.63) is 0 Å². The summed E-state index contributed by atoms with van der Waals surface area (Å²) in [4.78, 5) is 0. The van der Waals surface area contributed by atoms with E-state index in [2.05, 4.69) is 5.32 Å². The van der Waals surface area contributed by atoms with Crippen LogP contribution in [0.25, 0.3) is 0 Å². The molecule has 0 aliphatic carbocycles. The van der Waals surface area contributed by atoms with E-state index >= 15 is 0 Å². The first-order chi connectivity index (χ1) is 4.68. The third-order valence-electron chi connectivity index (χ3n) is 0.846. The van der Waals surface area contributed by atoms with Gasteiger partial charge in [0.1, 0.15) is 5.50 Å². The molecular formula is C4H13Cl3N4. The van der Waals surface area contributed by atoms with Crippen molar-refractivity contribution < 1.29 is 0 Å². The fourth-order valence-corrected chi connectivity index (χ4v) is 0.639. The molecule has 0 aromatic heterocycles. The molecule has 0 spiro atoms. The SMILES string of the molecule is N.NCCNCC(Cl)N(Cl)Cl. The highest BCUT2D eigenvalue weighted by Gasteiger charge is 2.08. The molecule has 0 aromatic carbocycles. The Kier molecular flexibility index (Phi) is 11.4. The summed E-state index contributed by atoms with van der Waals surface area (Å²) in [6.45, 7) is 1.81. The van der Waals surface area contributed by atoms with Gasteiger partial charge in [-0.05, 0) is 23.6 Å². The summed E-state index contributed by atoms with van der Waals surface area (Å²) < 4.78 is 0.894. The number of hydrogen-bond acceptors (Lipinski definition) is 4. The average Bonchev–Trinajstić information content (AvgIpc) is 1.88. The molecule has 0 aliphatic rings. The van der Waals surface area contributed by atoms with E-state index in [1.807, 2.05) is 0 Å². The summed E-state index contributed by atoms with van der Waals surface area (Å²) in [5.41, 5.74) is 4.80. The van der Waals surface area contributed by atoms with Crippen molar-refractivity contribution >= 4 is 35.2 Å². The largest absolute Gasteiger partial charge is 0.344 e. The van der Waals surface area contributed by atoms with Crippen LogP contribution >= 0.6 is 35.2 Å². The first-order valence-electron chi connectivity index (χ1n) is 2.84. The third kappa shape index (κ3) is 8.62. The lowest BCUT2D eigenvalue weighted by molar-refractivity contribution is 0.565. The maximum absolute atomic E-state index is 5.61. The predicted molar refractivity (Wildman–Crippen MR) is 50.1 cm³/mol. The molecule has 0 saturated heterocycles. The number of halogens is 3. The van der Waals surface area contributed by atoms with Gasteiger partial charge in [-0.2, -0.15) is 0 Å². The number of nitrogens with one attached hydrogen (secondary N) is 1. The van der Waals surface area contributed by atoms with Gasteiger partial charge in [-0.25, -0.2) is 0 Å². The fourth-order valence-electron chi connectivity index (χ4n) is 0.392. The van der Waals surface area contributed by atoms with E-state index in [0.717, 1.165) is 3.94 Å². The van der Waals surface area contributed by atoms with Crippen molar-refractivity contribution in [1.29, 1.82) is 0 Å². The van der Waals surface area contributed by atoms with Crippen LogP contribution in [-0.4, -0.2) is 29.1 Å². The summed E-state index contributed by atoms with van der Waals surface area (Å²) in [6, 6.07) is 0. The van der Waals surface area contributed by atoms with Crippen LogP contribution < -0.4 is 17.2 Å². The van der Waals surface area contributed by atoms with Crippen LogP contribution in [0.4, 0.5) is 0 Å². The van der Waals surface area contributed by atoms with Crippen molar-refractivity contribution in [2.75, 3.05) is 19.6 Å². The number of nitrogens with two attached hydrogens (primary N) is 1. The standard InChI is InChI=1S/C4H10Cl3N3.H3N/c5-4(10(6)7)3-9-2-1-8;/h4,9H,1-3,8H2;1H3. The highest BCUT2D eigenvalue weighted by molar-refractivity contribution is 6.38. The molecular weight excluding hydrogens is 210 g/mol. The van der Waals surface area contributed by atoms with Gasteiger partial charge in [-0.1, -0.05) is 0 Å². The molecule has 0 aromatic rings. The summed E-state index contributed by atoms with van der Waals surface area (Å²) in [7, 11) is 0. The van der Waals surface area contributed by atoms with E-state index in [1.54, 1.807) is 0 Å². The van der Waals surface area contributed by atoms with Crippen LogP contribution in [-0.2, 0) is 0 Å². The topological polar surface area (TPSA) is 76.3 Å². The minimum absolute atomic E-state index is 0. The van der Waals surface area contributed by atoms with Gasteiger partial charge in [0, 0.05) is 19.6 Å². The number of nitrogens with zero attached hydrogens (tertiary/aromatic N) is 1. The average molecular weight is 224 g/mol. The van der Waals surface area contributed by atoms with Gasteiger partial charge < -0.3 is 17.2 Å². The molecule has 1 unspecified atom stereocenters. The normalized spacial score (nSPS) is 12.8. The molecule has 6 N–H and O–H groups in total. The molecule has 0 amide bonds. The molecule has 1 atom stereocenters. The quantitative estimate of drug-likeness (QED) is 0.280. The van der Waals surface area contributed by atoms with Crippen LogP contribution in [0.1, 0.15) is 0 Å². The Labute approximate surface area is 81.8 Å². The van der Waals surface area contributed by atoms with Gasteiger partial charge in [0.15, 0.2) is 0 Å². The van der Waals surface area contributed by atoms with Crippen LogP contribution in [0, 0.1) is 0 Å². The first kappa shape index (κ1) is 14.2. The highest BCUT2D eigenvalue weighted by atomic mass is 35.5. The Bertz CT molecular complexity index is 81.7. The molecule has 11 heavy (non-hydrogen) atoms. The van der Waals surface area contributed by atoms with Crippen LogP contribution in [0.15, 0.2) is 0 Å². The monoisotopic (exact) mass is 222 g/mol. The smallest absolute Gasteiger partial charge is 0.128 e. The van der Waals surface area contributed by atoms with Gasteiger partial charge in [0.2, 0.25) is 0 Å². The Hall–Kier alpha value is 0.710. The number of alkyl halides is 1. The molecule has 70 valence electrons. The number of hydrogen-bond donors (Lipinski definition) is 3. The minimum atomic E-state index is -0.408. The Balaban J connectivity index is 0. The second kappa shape index (κ2) is 8.80. The van der Waals surface area contributed by atoms with E-state index in [-0.39, 0.29) is 6.15 Å². The van der Waals surface area contributed by atoms with Crippen molar-refractivity contribution in [3.8, 4) is 0 Å². The first-order valence-corrected chi connectivity index (χ1v) is 3.95. The second-order valence-electron chi connectivity index (χ2n) is 1.69. The van der Waals surface area contributed by atoms with Crippen LogP contribution in [0.5, 0.6) is 0 Å². The maximum atomic E-state index is 5.61. The molecule has 0 fully saturated rings. The van der Waals surface area contributed by atoms with Crippen molar-refractivity contribution in [1.82, 2.24) is 15.4 Å². The predicted octanol–water partition coefficient (Wildman–Crippen LogP) is 0.871. The molecule has 0 aliphatic heterocycles. The van der Waals surface area contributed by atoms with E-state index in [0.29, 0.717) is 19.6 Å². The lowest BCUT2D eigenvalue weighted by Gasteiger charge is -2.11. The molecule has 0 radical (unpaired) electrons. The Morgan fingerprint density at radius 1 is 1.45 bits per heavy atom. The zero-order chi connectivity index (χ0) is 7.98. The summed E-state index contributed by atoms with van der Waals surface area (Å²) in [6.07, 6.45) is 0. The Morgan fingerprint density at radius 3 is 2.36 bits per heavy atom. The van der Waals surface area contributed by atoms with E-state index in [1.165, 1.54) is 0 Å². The second-order valence-corrected chi connectivity index (χ2v) is 3.09. The summed E-state index contributed by atoms with van der Waals surface area (Å²) in [5.74, 6) is 0. The van der Waals surface area contributed by atoms with E-state index in [4.69, 9.17) is 40.9 Å². The lowest BCUT2D eigenvalue weighted by Crippen LogP contribution is -2.32. The number of rotatable bonds is 5. The van der Waals surface area contributed by atoms with Crippen LogP contribution in [0.2, 0.25) is 0 Å². The zero-order valence-electron chi connectivity index (χ0n) is 6.06. The van der Waals surface area contributed by atoms with E-state index < -0.39 is 5.50 Å². The van der Waals surface area contributed by atoms with Crippen LogP contribution in [0.3, 0.4) is 0 Å². The molecule has 0 bridgehead atoms. The highest BCUT2D eigenvalue weighted by Crippen LogP contribution is 2.09. The van der Waals surface area contributed by atoms with Crippen molar-refractivity contribution in [2.45, 2.75) is 5.50 Å². The van der Waals surface area contributed by atoms with Gasteiger partial charge in [-0.15, -0.1) is 15.5 Å². The van der Waals surface area contributed by atoms with E-state index in [9.17, 15) is 0 Å². The zero-order valence-corrected chi connectivity index (χ0v) is 8.33. The molecule has 7 heteroatoms. The lowest BCUT2D eigenvalue weighted by atomic mass is 10.6. The minimum Gasteiger partial charge on any atom is -0.344 e. The fraction of sp³-hybridized carbons (Fsp3) is 1.00. The molecule has 0 heterocycles. The molecule has 4 nitrogen and oxygen atoms in total. The van der Waals surface area contributed by atoms with Crippen molar-refractivity contribution in [2.24, 2.45) is 5.73 Å². The van der Waals surface area contributed by atoms with Gasteiger partial charge in [0.05, 0.1) is 0 Å². The third-order valence-corrected chi connectivity index (χ3v) is 1.87. The Morgan fingerprint density at radius 2 is 2.00 bits per heavy atom. The van der Waals surface area contributed by atoms with Crippen molar-refractivity contribution in [3.63, 3.8) is 0 Å².